The van der Waals surface area contributed by atoms with Gasteiger partial charge in [-0.25, -0.2) is 4.79 Å². The van der Waals surface area contributed by atoms with Crippen LogP contribution < -0.4 is 10.1 Å². The molecule has 1 aromatic rings. The van der Waals surface area contributed by atoms with E-state index in [0.29, 0.717) is 12.5 Å². The summed E-state index contributed by atoms with van der Waals surface area (Å²) in [6.07, 6.45) is 6.84. The lowest BCUT2D eigenvalue weighted by Crippen LogP contribution is -2.45. The van der Waals surface area contributed by atoms with Gasteiger partial charge in [0.05, 0.1) is 6.54 Å². The molecule has 0 bridgehead atoms. The molecule has 0 aromatic carbocycles. The lowest BCUT2D eigenvalue weighted by molar-refractivity contribution is 0.169. The van der Waals surface area contributed by atoms with Crippen LogP contribution >= 0.6 is 0 Å². The smallest absolute Gasteiger partial charge is 0.317 e. The van der Waals surface area contributed by atoms with Crippen LogP contribution in [0.1, 0.15) is 26.2 Å². The monoisotopic (exact) mass is 332 g/mol. The lowest BCUT2D eigenvalue weighted by atomic mass is 9.98. The predicted octanol–water partition coefficient (Wildman–Crippen LogP) is 1.98. The number of nitrogens with one attached hydrogen (secondary N) is 1. The van der Waals surface area contributed by atoms with E-state index in [2.05, 4.69) is 22.1 Å². The van der Waals surface area contributed by atoms with Gasteiger partial charge in [-0.3, -0.25) is 4.98 Å². The van der Waals surface area contributed by atoms with Crippen molar-refractivity contribution in [3.8, 4) is 5.75 Å². The summed E-state index contributed by atoms with van der Waals surface area (Å²) < 4.78 is 5.91. The summed E-state index contributed by atoms with van der Waals surface area (Å²) in [5.41, 5.74) is 0. The Morgan fingerprint density at radius 1 is 1.29 bits per heavy atom. The lowest BCUT2D eigenvalue weighted by Gasteiger charge is -2.32. The zero-order valence-electron chi connectivity index (χ0n) is 14.5. The standard InChI is InChI=1S/C18H28N4O2/c1-2-21-10-3-4-15(13-21)12-20-18(23)22-11-7-17(14-22)24-16-5-8-19-9-6-16/h5-6,8-9,15,17H,2-4,7,10-14H2,1H3,(H,20,23)/t15-,17-/m0/s1. The fraction of sp³-hybridized carbons (Fsp3) is 0.667. The number of nitrogens with zero attached hydrogens (tertiary/aromatic N) is 3. The first kappa shape index (κ1) is 17.0. The highest BCUT2D eigenvalue weighted by atomic mass is 16.5. The van der Waals surface area contributed by atoms with E-state index in [9.17, 15) is 4.79 Å². The van der Waals surface area contributed by atoms with Crippen molar-refractivity contribution in [1.29, 1.82) is 0 Å². The third-order valence-corrected chi connectivity index (χ3v) is 4.98. The average Bonchev–Trinajstić information content (AvgIpc) is 3.09. The summed E-state index contributed by atoms with van der Waals surface area (Å²) in [5, 5.41) is 3.12. The first-order valence-corrected chi connectivity index (χ1v) is 9.06. The SMILES string of the molecule is CCN1CCC[C@@H](CNC(=O)N2CC[C@H](Oc3ccncc3)C2)C1. The quantitative estimate of drug-likeness (QED) is 0.896. The van der Waals surface area contributed by atoms with Crippen LogP contribution in [0, 0.1) is 5.92 Å². The molecule has 0 radical (unpaired) electrons. The number of likely N-dealkylation sites (tertiary alicyclic amines) is 2. The third-order valence-electron chi connectivity index (χ3n) is 4.98. The van der Waals surface area contributed by atoms with Crippen molar-refractivity contribution in [2.24, 2.45) is 5.92 Å². The molecule has 132 valence electrons. The molecule has 0 aliphatic carbocycles. The first-order chi connectivity index (χ1) is 11.7. The Morgan fingerprint density at radius 3 is 2.92 bits per heavy atom. The van der Waals surface area contributed by atoms with Crippen LogP contribution in [0.5, 0.6) is 5.75 Å². The first-order valence-electron chi connectivity index (χ1n) is 9.06. The number of rotatable bonds is 5. The zero-order chi connectivity index (χ0) is 16.8. The number of pyridine rings is 1. The molecular weight excluding hydrogens is 304 g/mol. The minimum Gasteiger partial charge on any atom is -0.488 e. The fourth-order valence-corrected chi connectivity index (χ4v) is 3.57. The van der Waals surface area contributed by atoms with Gasteiger partial charge in [-0.2, -0.15) is 0 Å². The van der Waals surface area contributed by atoms with Crippen molar-refractivity contribution in [3.63, 3.8) is 0 Å². The molecule has 1 aromatic heterocycles. The second kappa shape index (κ2) is 8.33. The van der Waals surface area contributed by atoms with Gasteiger partial charge in [-0.1, -0.05) is 6.92 Å². The van der Waals surface area contributed by atoms with Crippen molar-refractivity contribution in [2.45, 2.75) is 32.3 Å². The van der Waals surface area contributed by atoms with Gasteiger partial charge in [0.2, 0.25) is 0 Å². The highest BCUT2D eigenvalue weighted by Crippen LogP contribution is 2.18. The molecule has 3 rings (SSSR count). The minimum atomic E-state index is 0.0458. The van der Waals surface area contributed by atoms with Crippen LogP contribution in [-0.2, 0) is 0 Å². The van der Waals surface area contributed by atoms with Crippen LogP contribution in [0.3, 0.4) is 0 Å². The molecule has 2 atom stereocenters. The number of hydrogen-bond acceptors (Lipinski definition) is 4. The molecule has 2 fully saturated rings. The number of carbonyl (C=O) groups is 1. The van der Waals surface area contributed by atoms with Gasteiger partial charge in [0.25, 0.3) is 0 Å². The number of aromatic nitrogens is 1. The minimum absolute atomic E-state index is 0.0458. The second-order valence-electron chi connectivity index (χ2n) is 6.75. The molecule has 2 amide bonds. The zero-order valence-corrected chi connectivity index (χ0v) is 14.5. The Labute approximate surface area is 144 Å². The summed E-state index contributed by atoms with van der Waals surface area (Å²) in [7, 11) is 0. The molecule has 2 aliphatic heterocycles. The fourth-order valence-electron chi connectivity index (χ4n) is 3.57. The Kier molecular flexibility index (Phi) is 5.91. The van der Waals surface area contributed by atoms with Gasteiger partial charge < -0.3 is 19.9 Å². The summed E-state index contributed by atoms with van der Waals surface area (Å²) >= 11 is 0. The molecular formula is C18H28N4O2. The van der Waals surface area contributed by atoms with Gasteiger partial charge in [0, 0.05) is 38.4 Å². The van der Waals surface area contributed by atoms with Crippen molar-refractivity contribution >= 4 is 6.03 Å². The Bertz CT molecular complexity index is 525. The summed E-state index contributed by atoms with van der Waals surface area (Å²) in [5.74, 6) is 1.40. The van der Waals surface area contributed by atoms with E-state index in [1.807, 2.05) is 17.0 Å². The molecule has 0 spiro atoms. The largest absolute Gasteiger partial charge is 0.488 e. The maximum atomic E-state index is 12.4. The molecule has 0 saturated carbocycles. The van der Waals surface area contributed by atoms with E-state index in [1.165, 1.54) is 19.4 Å². The summed E-state index contributed by atoms with van der Waals surface area (Å²) in [6.45, 7) is 7.79. The number of hydrogen-bond donors (Lipinski definition) is 1. The van der Waals surface area contributed by atoms with Crippen molar-refractivity contribution in [1.82, 2.24) is 20.1 Å². The van der Waals surface area contributed by atoms with E-state index in [1.54, 1.807) is 12.4 Å². The molecule has 0 unspecified atom stereocenters. The Morgan fingerprint density at radius 2 is 2.12 bits per heavy atom. The number of ether oxygens (including phenoxy) is 1. The van der Waals surface area contributed by atoms with Crippen LogP contribution in [0.2, 0.25) is 0 Å². The van der Waals surface area contributed by atoms with Gasteiger partial charge >= 0.3 is 6.03 Å². The molecule has 1 N–H and O–H groups in total. The van der Waals surface area contributed by atoms with E-state index >= 15 is 0 Å². The normalized spacial score (nSPS) is 24.8. The predicted molar refractivity (Wildman–Crippen MR) is 93.1 cm³/mol. The number of piperidine rings is 1. The molecule has 6 nitrogen and oxygen atoms in total. The highest BCUT2D eigenvalue weighted by molar-refractivity contribution is 5.74. The van der Waals surface area contributed by atoms with Crippen LogP contribution in [0.25, 0.3) is 0 Å². The summed E-state index contributed by atoms with van der Waals surface area (Å²) in [6, 6.07) is 3.75. The van der Waals surface area contributed by atoms with Crippen LogP contribution in [-0.4, -0.2) is 66.2 Å². The topological polar surface area (TPSA) is 57.7 Å². The van der Waals surface area contributed by atoms with Crippen LogP contribution in [0.4, 0.5) is 4.79 Å². The van der Waals surface area contributed by atoms with E-state index in [-0.39, 0.29) is 12.1 Å². The maximum absolute atomic E-state index is 12.4. The second-order valence-corrected chi connectivity index (χ2v) is 6.75. The van der Waals surface area contributed by atoms with Crippen molar-refractivity contribution < 1.29 is 9.53 Å². The van der Waals surface area contributed by atoms with E-state index < -0.39 is 0 Å². The van der Waals surface area contributed by atoms with Gasteiger partial charge in [-0.05, 0) is 44.0 Å². The van der Waals surface area contributed by atoms with E-state index in [0.717, 1.165) is 38.3 Å². The molecule has 6 heteroatoms. The van der Waals surface area contributed by atoms with Crippen LogP contribution in [0.15, 0.2) is 24.5 Å². The number of urea groups is 1. The van der Waals surface area contributed by atoms with Gasteiger partial charge in [0.1, 0.15) is 11.9 Å². The number of carbonyl (C=O) groups excluding carboxylic acids is 1. The summed E-state index contributed by atoms with van der Waals surface area (Å²) in [4.78, 5) is 20.7. The third kappa shape index (κ3) is 4.60. The van der Waals surface area contributed by atoms with Crippen molar-refractivity contribution in [2.75, 3.05) is 39.3 Å². The highest BCUT2D eigenvalue weighted by Gasteiger charge is 2.28. The molecule has 2 aliphatic rings. The van der Waals surface area contributed by atoms with Gasteiger partial charge in [0.15, 0.2) is 0 Å². The average molecular weight is 332 g/mol. The van der Waals surface area contributed by atoms with Crippen molar-refractivity contribution in [3.05, 3.63) is 24.5 Å². The molecule has 24 heavy (non-hydrogen) atoms. The van der Waals surface area contributed by atoms with Gasteiger partial charge in [-0.15, -0.1) is 0 Å². The Balaban J connectivity index is 1.40. The maximum Gasteiger partial charge on any atom is 0.317 e. The Hall–Kier alpha value is -1.82. The molecule has 3 heterocycles. The number of amides is 2. The van der Waals surface area contributed by atoms with E-state index in [4.69, 9.17) is 4.74 Å². The molecule has 2 saturated heterocycles.